The number of ether oxygens (including phenoxy) is 3. The van der Waals surface area contributed by atoms with Crippen molar-refractivity contribution in [1.82, 2.24) is 0 Å². The highest BCUT2D eigenvalue weighted by Crippen LogP contribution is 2.26. The third kappa shape index (κ3) is 11.5. The van der Waals surface area contributed by atoms with Crippen molar-refractivity contribution in [1.29, 1.82) is 0 Å². The molecule has 0 aromatic heterocycles. The Morgan fingerprint density at radius 2 is 1.57 bits per heavy atom. The Hall–Kier alpha value is -3.41. The van der Waals surface area contributed by atoms with Gasteiger partial charge in [0.15, 0.2) is 0 Å². The van der Waals surface area contributed by atoms with Crippen molar-refractivity contribution in [2.24, 2.45) is 11.8 Å². The summed E-state index contributed by atoms with van der Waals surface area (Å²) in [5, 5.41) is 0. The second-order valence-electron chi connectivity index (χ2n) is 8.86. The fourth-order valence-electron chi connectivity index (χ4n) is 2.87. The molecule has 0 fully saturated rings. The number of halogens is 1. The van der Waals surface area contributed by atoms with Crippen LogP contribution in [0.25, 0.3) is 0 Å². The summed E-state index contributed by atoms with van der Waals surface area (Å²) in [7, 11) is 0. The maximum atomic E-state index is 14.5. The van der Waals surface area contributed by atoms with Gasteiger partial charge in [0, 0.05) is 23.6 Å². The first-order chi connectivity index (χ1) is 16.4. The van der Waals surface area contributed by atoms with E-state index in [1.165, 1.54) is 6.92 Å². The third-order valence-electron chi connectivity index (χ3n) is 5.28. The molecule has 0 saturated carbocycles. The molecule has 2 unspecified atom stereocenters. The van der Waals surface area contributed by atoms with E-state index in [0.29, 0.717) is 30.8 Å². The molecule has 0 amide bonds. The van der Waals surface area contributed by atoms with E-state index in [4.69, 9.17) is 14.2 Å². The minimum absolute atomic E-state index is 0.0930. The summed E-state index contributed by atoms with van der Waals surface area (Å²) in [6.45, 7) is 22.3. The van der Waals surface area contributed by atoms with Gasteiger partial charge in [-0.3, -0.25) is 0 Å². The van der Waals surface area contributed by atoms with Gasteiger partial charge in [0.25, 0.3) is 0 Å². The summed E-state index contributed by atoms with van der Waals surface area (Å²) >= 11 is 0. The molecule has 1 aromatic rings. The summed E-state index contributed by atoms with van der Waals surface area (Å²) < 4.78 is 30.3. The molecular formula is C29H37FO5. The highest BCUT2D eigenvalue weighted by molar-refractivity contribution is 5.88. The number of esters is 2. The molecule has 0 bridgehead atoms. The van der Waals surface area contributed by atoms with Crippen molar-refractivity contribution in [3.8, 4) is 5.75 Å². The molecule has 0 saturated heterocycles. The van der Waals surface area contributed by atoms with Gasteiger partial charge in [-0.1, -0.05) is 52.3 Å². The van der Waals surface area contributed by atoms with E-state index in [9.17, 15) is 14.0 Å². The number of carbonyl (C=O) groups excluding carboxylic acids is 2. The van der Waals surface area contributed by atoms with Gasteiger partial charge < -0.3 is 14.2 Å². The maximum absolute atomic E-state index is 14.5. The zero-order valence-electron chi connectivity index (χ0n) is 21.3. The molecule has 0 N–H and O–H groups in total. The average Bonchev–Trinajstić information content (AvgIpc) is 2.80. The van der Waals surface area contributed by atoms with Gasteiger partial charge in [0.2, 0.25) is 0 Å². The van der Waals surface area contributed by atoms with E-state index >= 15 is 0 Å². The minimum atomic E-state index is -0.648. The van der Waals surface area contributed by atoms with E-state index in [0.717, 1.165) is 30.2 Å². The molecule has 35 heavy (non-hydrogen) atoms. The van der Waals surface area contributed by atoms with Crippen molar-refractivity contribution in [2.75, 3.05) is 13.2 Å². The van der Waals surface area contributed by atoms with E-state index in [1.54, 1.807) is 6.92 Å². The summed E-state index contributed by atoms with van der Waals surface area (Å²) in [6.07, 6.45) is 3.24. The first-order valence-corrected chi connectivity index (χ1v) is 11.6. The maximum Gasteiger partial charge on any atom is 0.338 e. The van der Waals surface area contributed by atoms with Crippen molar-refractivity contribution >= 4 is 11.9 Å². The highest BCUT2D eigenvalue weighted by atomic mass is 19.1. The van der Waals surface area contributed by atoms with Crippen LogP contribution in [0.1, 0.15) is 46.1 Å². The topological polar surface area (TPSA) is 61.8 Å². The number of rotatable bonds is 15. The van der Waals surface area contributed by atoms with Gasteiger partial charge in [0.1, 0.15) is 17.3 Å². The molecule has 1 rings (SSSR count). The van der Waals surface area contributed by atoms with E-state index in [-0.39, 0.29) is 29.1 Å². The molecule has 5 nitrogen and oxygen atoms in total. The quantitative estimate of drug-likeness (QED) is 0.118. The molecule has 1 aromatic carbocycles. The molecule has 0 radical (unpaired) electrons. The molecule has 0 spiro atoms. The second-order valence-corrected chi connectivity index (χ2v) is 8.86. The van der Waals surface area contributed by atoms with Crippen LogP contribution in [-0.2, 0) is 25.5 Å². The van der Waals surface area contributed by atoms with Crippen molar-refractivity contribution < 1.29 is 28.2 Å². The van der Waals surface area contributed by atoms with Crippen LogP contribution in [0.4, 0.5) is 4.39 Å². The Kier molecular flexibility index (Phi) is 12.5. The molecule has 0 aliphatic carbocycles. The lowest BCUT2D eigenvalue weighted by atomic mass is 9.92. The van der Waals surface area contributed by atoms with Gasteiger partial charge in [-0.2, -0.15) is 0 Å². The van der Waals surface area contributed by atoms with Crippen LogP contribution in [0.2, 0.25) is 0 Å². The Balaban J connectivity index is 2.41. The first-order valence-electron chi connectivity index (χ1n) is 11.6. The smallest absolute Gasteiger partial charge is 0.338 e. The van der Waals surface area contributed by atoms with Crippen LogP contribution in [0.5, 0.6) is 5.75 Å². The molecule has 0 heterocycles. The number of hydrogen-bond acceptors (Lipinski definition) is 5. The van der Waals surface area contributed by atoms with Gasteiger partial charge in [-0.15, -0.1) is 0 Å². The van der Waals surface area contributed by atoms with Crippen LogP contribution in [0, 0.1) is 11.8 Å². The molecule has 6 heteroatoms. The summed E-state index contributed by atoms with van der Waals surface area (Å²) in [5.74, 6) is -0.772. The summed E-state index contributed by atoms with van der Waals surface area (Å²) in [5.41, 5.74) is 1.96. The molecule has 0 aliphatic heterocycles. The SMILES string of the molecule is C=C(/C=C(/F)C(=C)C(C)CCC(C)COc1ccc(CCOC(=O)C(=C)C)cc1)OC(=O)C(=C)C. The van der Waals surface area contributed by atoms with Crippen LogP contribution < -0.4 is 4.74 Å². The number of carbonyl (C=O) groups is 2. The second kappa shape index (κ2) is 14.8. The number of hydrogen-bond donors (Lipinski definition) is 0. The van der Waals surface area contributed by atoms with Crippen LogP contribution in [-0.4, -0.2) is 25.2 Å². The van der Waals surface area contributed by atoms with Crippen LogP contribution in [0.15, 0.2) is 85.0 Å². The highest BCUT2D eigenvalue weighted by Gasteiger charge is 2.15. The molecule has 190 valence electrons. The Morgan fingerprint density at radius 3 is 2.14 bits per heavy atom. The van der Waals surface area contributed by atoms with E-state index < -0.39 is 11.8 Å². The first kappa shape index (κ1) is 29.6. The van der Waals surface area contributed by atoms with Crippen LogP contribution in [0.3, 0.4) is 0 Å². The molecular weight excluding hydrogens is 447 g/mol. The van der Waals surface area contributed by atoms with Gasteiger partial charge in [0.05, 0.1) is 13.2 Å². The van der Waals surface area contributed by atoms with Crippen LogP contribution >= 0.6 is 0 Å². The summed E-state index contributed by atoms with van der Waals surface area (Å²) in [4.78, 5) is 22.9. The van der Waals surface area contributed by atoms with Crippen molar-refractivity contribution in [3.05, 3.63) is 90.5 Å². The zero-order chi connectivity index (χ0) is 26.5. The predicted molar refractivity (Wildman–Crippen MR) is 137 cm³/mol. The monoisotopic (exact) mass is 484 g/mol. The fourth-order valence-corrected chi connectivity index (χ4v) is 2.87. The largest absolute Gasteiger partial charge is 0.493 e. The van der Waals surface area contributed by atoms with Crippen molar-refractivity contribution in [3.63, 3.8) is 0 Å². The Labute approximate surface area is 208 Å². The standard InChI is InChI=1S/C29H37FO5/c1-19(2)28(31)33-16-15-25-11-13-26(14-12-25)34-18-21(5)9-10-22(6)24(8)27(30)17-23(7)35-29(32)20(3)4/h11-14,17,21-22H,1,3,7-10,15-16,18H2,2,4-6H3/b27-17+. The summed E-state index contributed by atoms with van der Waals surface area (Å²) in [6, 6.07) is 7.66. The Morgan fingerprint density at radius 1 is 0.971 bits per heavy atom. The molecule has 2 atom stereocenters. The predicted octanol–water partition coefficient (Wildman–Crippen LogP) is 6.82. The minimum Gasteiger partial charge on any atom is -0.493 e. The average molecular weight is 485 g/mol. The van der Waals surface area contributed by atoms with Gasteiger partial charge in [-0.25, -0.2) is 14.0 Å². The fraction of sp³-hybridized carbons (Fsp3) is 0.379. The normalized spacial score (nSPS) is 12.8. The van der Waals surface area contributed by atoms with Gasteiger partial charge in [-0.05, 0) is 61.8 Å². The lowest BCUT2D eigenvalue weighted by Gasteiger charge is -2.18. The Bertz CT molecular complexity index is 971. The zero-order valence-corrected chi connectivity index (χ0v) is 21.3. The number of allylic oxidation sites excluding steroid dienone is 3. The molecule has 0 aliphatic rings. The number of benzene rings is 1. The van der Waals surface area contributed by atoms with Gasteiger partial charge >= 0.3 is 11.9 Å². The van der Waals surface area contributed by atoms with E-state index in [2.05, 4.69) is 33.2 Å². The third-order valence-corrected chi connectivity index (χ3v) is 5.28. The van der Waals surface area contributed by atoms with Crippen molar-refractivity contribution in [2.45, 2.75) is 47.0 Å². The lowest BCUT2D eigenvalue weighted by molar-refractivity contribution is -0.139. The van der Waals surface area contributed by atoms with E-state index in [1.807, 2.05) is 31.2 Å². The lowest BCUT2D eigenvalue weighted by Crippen LogP contribution is -2.11.